The number of anilines is 2. The van der Waals surface area contributed by atoms with Gasteiger partial charge in [0.05, 0.1) is 5.69 Å². The van der Waals surface area contributed by atoms with Crippen LogP contribution in [0, 0.1) is 6.92 Å². The van der Waals surface area contributed by atoms with Crippen LogP contribution in [0.25, 0.3) is 11.1 Å². The number of rotatable bonds is 3. The van der Waals surface area contributed by atoms with Gasteiger partial charge in [0.15, 0.2) is 0 Å². The molecule has 0 bridgehead atoms. The molecule has 0 amide bonds. The maximum atomic E-state index is 6.00. The second kappa shape index (κ2) is 5.04. The third-order valence-corrected chi connectivity index (χ3v) is 2.82. The Morgan fingerprint density at radius 2 is 1.94 bits per heavy atom. The minimum absolute atomic E-state index is 0.243. The maximum absolute atomic E-state index is 6.00. The highest BCUT2D eigenvalue weighted by Gasteiger charge is 2.12. The zero-order valence-corrected chi connectivity index (χ0v) is 10.8. The van der Waals surface area contributed by atoms with Gasteiger partial charge in [0.25, 0.3) is 0 Å². The van der Waals surface area contributed by atoms with Gasteiger partial charge < -0.3 is 11.5 Å². The van der Waals surface area contributed by atoms with E-state index in [1.165, 1.54) is 5.56 Å². The van der Waals surface area contributed by atoms with Crippen molar-refractivity contribution < 1.29 is 0 Å². The SMILES string of the molecule is CCCc1nc(N)nc(N)c1-c1cccc(C)c1. The van der Waals surface area contributed by atoms with E-state index in [4.69, 9.17) is 11.5 Å². The molecule has 0 aliphatic heterocycles. The van der Waals surface area contributed by atoms with Crippen molar-refractivity contribution in [2.45, 2.75) is 26.7 Å². The summed E-state index contributed by atoms with van der Waals surface area (Å²) < 4.78 is 0. The first kappa shape index (κ1) is 12.4. The Labute approximate surface area is 107 Å². The van der Waals surface area contributed by atoms with Crippen molar-refractivity contribution in [2.75, 3.05) is 11.5 Å². The molecule has 0 spiro atoms. The van der Waals surface area contributed by atoms with Crippen LogP contribution < -0.4 is 11.5 Å². The van der Waals surface area contributed by atoms with Gasteiger partial charge >= 0.3 is 0 Å². The topological polar surface area (TPSA) is 77.8 Å². The molecule has 0 aliphatic rings. The average Bonchev–Trinajstić information content (AvgIpc) is 2.28. The van der Waals surface area contributed by atoms with Crippen LogP contribution >= 0.6 is 0 Å². The van der Waals surface area contributed by atoms with Crippen molar-refractivity contribution in [1.82, 2.24) is 9.97 Å². The van der Waals surface area contributed by atoms with Crippen molar-refractivity contribution in [3.63, 3.8) is 0 Å². The van der Waals surface area contributed by atoms with Gasteiger partial charge in [0.1, 0.15) is 5.82 Å². The number of aromatic nitrogens is 2. The first-order valence-corrected chi connectivity index (χ1v) is 6.10. The molecular weight excluding hydrogens is 224 g/mol. The number of aryl methyl sites for hydroxylation is 2. The molecule has 1 aromatic carbocycles. The molecule has 2 aromatic rings. The van der Waals surface area contributed by atoms with Crippen molar-refractivity contribution in [3.05, 3.63) is 35.5 Å². The first-order valence-electron chi connectivity index (χ1n) is 6.10. The molecule has 1 aromatic heterocycles. The summed E-state index contributed by atoms with van der Waals surface area (Å²) >= 11 is 0. The summed E-state index contributed by atoms with van der Waals surface area (Å²) in [5, 5.41) is 0. The quantitative estimate of drug-likeness (QED) is 0.867. The van der Waals surface area contributed by atoms with Gasteiger partial charge in [0, 0.05) is 5.56 Å². The van der Waals surface area contributed by atoms with E-state index in [2.05, 4.69) is 35.9 Å². The van der Waals surface area contributed by atoms with Crippen LogP contribution in [-0.2, 0) is 6.42 Å². The minimum Gasteiger partial charge on any atom is -0.383 e. The summed E-state index contributed by atoms with van der Waals surface area (Å²) in [6, 6.07) is 8.18. The smallest absolute Gasteiger partial charge is 0.222 e. The van der Waals surface area contributed by atoms with Crippen molar-refractivity contribution in [1.29, 1.82) is 0 Å². The predicted molar refractivity (Wildman–Crippen MR) is 75.0 cm³/mol. The van der Waals surface area contributed by atoms with Crippen molar-refractivity contribution in [3.8, 4) is 11.1 Å². The molecule has 2 rings (SSSR count). The summed E-state index contributed by atoms with van der Waals surface area (Å²) in [6.45, 7) is 4.16. The monoisotopic (exact) mass is 242 g/mol. The normalized spacial score (nSPS) is 10.6. The molecule has 0 unspecified atom stereocenters. The van der Waals surface area contributed by atoms with E-state index in [1.54, 1.807) is 0 Å². The number of nitrogens with zero attached hydrogens (tertiary/aromatic N) is 2. The molecule has 0 saturated heterocycles. The lowest BCUT2D eigenvalue weighted by atomic mass is 10.0. The van der Waals surface area contributed by atoms with Gasteiger partial charge in [-0.3, -0.25) is 0 Å². The third kappa shape index (κ3) is 2.42. The number of nitrogen functional groups attached to an aromatic ring is 2. The fourth-order valence-corrected chi connectivity index (χ4v) is 2.08. The molecule has 0 radical (unpaired) electrons. The molecule has 0 fully saturated rings. The Bertz CT molecular complexity index is 564. The molecule has 0 saturated carbocycles. The summed E-state index contributed by atoms with van der Waals surface area (Å²) in [5.74, 6) is 0.698. The summed E-state index contributed by atoms with van der Waals surface area (Å²) in [4.78, 5) is 8.38. The number of nitrogens with two attached hydrogens (primary N) is 2. The van der Waals surface area contributed by atoms with Gasteiger partial charge in [0.2, 0.25) is 5.95 Å². The van der Waals surface area contributed by atoms with Crippen molar-refractivity contribution >= 4 is 11.8 Å². The zero-order chi connectivity index (χ0) is 13.1. The van der Waals surface area contributed by atoms with E-state index in [0.717, 1.165) is 29.7 Å². The lowest BCUT2D eigenvalue weighted by molar-refractivity contribution is 0.880. The zero-order valence-electron chi connectivity index (χ0n) is 10.8. The number of hydrogen-bond acceptors (Lipinski definition) is 4. The molecule has 4 N–H and O–H groups in total. The molecule has 94 valence electrons. The number of hydrogen-bond donors (Lipinski definition) is 2. The van der Waals surface area contributed by atoms with Gasteiger partial charge in [-0.2, -0.15) is 4.98 Å². The molecule has 0 aliphatic carbocycles. The van der Waals surface area contributed by atoms with Gasteiger partial charge in [-0.1, -0.05) is 43.2 Å². The van der Waals surface area contributed by atoms with Crippen LogP contribution in [-0.4, -0.2) is 9.97 Å². The van der Waals surface area contributed by atoms with E-state index < -0.39 is 0 Å². The minimum atomic E-state index is 0.243. The van der Waals surface area contributed by atoms with Gasteiger partial charge in [-0.05, 0) is 18.9 Å². The second-order valence-electron chi connectivity index (χ2n) is 4.41. The van der Waals surface area contributed by atoms with E-state index in [1.807, 2.05) is 12.1 Å². The first-order chi connectivity index (χ1) is 8.61. The van der Waals surface area contributed by atoms with Crippen molar-refractivity contribution in [2.24, 2.45) is 0 Å². The van der Waals surface area contributed by atoms with Gasteiger partial charge in [-0.15, -0.1) is 0 Å². The summed E-state index contributed by atoms with van der Waals surface area (Å²) in [6.07, 6.45) is 1.84. The highest BCUT2D eigenvalue weighted by atomic mass is 15.0. The lowest BCUT2D eigenvalue weighted by Gasteiger charge is -2.12. The van der Waals surface area contributed by atoms with E-state index in [0.29, 0.717) is 5.82 Å². The van der Waals surface area contributed by atoms with Crippen LogP contribution in [0.4, 0.5) is 11.8 Å². The Morgan fingerprint density at radius 3 is 2.61 bits per heavy atom. The second-order valence-corrected chi connectivity index (χ2v) is 4.41. The maximum Gasteiger partial charge on any atom is 0.222 e. The largest absolute Gasteiger partial charge is 0.383 e. The Kier molecular flexibility index (Phi) is 3.46. The Hall–Kier alpha value is -2.10. The summed E-state index contributed by atoms with van der Waals surface area (Å²) in [7, 11) is 0. The molecule has 0 atom stereocenters. The van der Waals surface area contributed by atoms with E-state index in [-0.39, 0.29) is 5.95 Å². The van der Waals surface area contributed by atoms with Crippen LogP contribution in [0.1, 0.15) is 24.6 Å². The lowest BCUT2D eigenvalue weighted by Crippen LogP contribution is -2.06. The van der Waals surface area contributed by atoms with Crippen LogP contribution in [0.3, 0.4) is 0 Å². The Balaban J connectivity index is 2.61. The van der Waals surface area contributed by atoms with Crippen LogP contribution in [0.5, 0.6) is 0 Å². The predicted octanol–water partition coefficient (Wildman–Crippen LogP) is 2.57. The highest BCUT2D eigenvalue weighted by Crippen LogP contribution is 2.29. The highest BCUT2D eigenvalue weighted by molar-refractivity contribution is 5.77. The third-order valence-electron chi connectivity index (χ3n) is 2.82. The van der Waals surface area contributed by atoms with E-state index in [9.17, 15) is 0 Å². The van der Waals surface area contributed by atoms with E-state index >= 15 is 0 Å². The standard InChI is InChI=1S/C14H18N4/c1-3-5-11-12(13(15)18-14(16)17-11)10-7-4-6-9(2)8-10/h4,6-8H,3,5H2,1-2H3,(H4,15,16,17,18). The Morgan fingerprint density at radius 1 is 1.17 bits per heavy atom. The molecule has 4 heteroatoms. The summed E-state index contributed by atoms with van der Waals surface area (Å²) in [5.41, 5.74) is 15.7. The molecule has 4 nitrogen and oxygen atoms in total. The van der Waals surface area contributed by atoms with Crippen LogP contribution in [0.15, 0.2) is 24.3 Å². The average molecular weight is 242 g/mol. The molecular formula is C14H18N4. The molecule has 1 heterocycles. The van der Waals surface area contributed by atoms with Crippen LogP contribution in [0.2, 0.25) is 0 Å². The number of benzene rings is 1. The fourth-order valence-electron chi connectivity index (χ4n) is 2.08. The van der Waals surface area contributed by atoms with Gasteiger partial charge in [-0.25, -0.2) is 4.98 Å². The fraction of sp³-hybridized carbons (Fsp3) is 0.286. The molecule has 18 heavy (non-hydrogen) atoms.